The summed E-state index contributed by atoms with van der Waals surface area (Å²) in [5.41, 5.74) is 1.43. The lowest BCUT2D eigenvalue weighted by Gasteiger charge is -2.05. The van der Waals surface area contributed by atoms with E-state index in [2.05, 4.69) is 36.8 Å². The fraction of sp³-hybridized carbons (Fsp3) is 0.214. The number of halogens is 1. The molecule has 1 aromatic heterocycles. The SMILES string of the molecule is Cc1cc(NC(=O)CCNC(=O)c2ccc(Br)cc2)n[nH]1. The predicted octanol–water partition coefficient (Wildman–Crippen LogP) is 2.24. The van der Waals surface area contributed by atoms with Crippen molar-refractivity contribution in [1.29, 1.82) is 0 Å². The van der Waals surface area contributed by atoms with Crippen LogP contribution in [0.2, 0.25) is 0 Å². The van der Waals surface area contributed by atoms with Gasteiger partial charge in [-0.1, -0.05) is 15.9 Å². The number of carbonyl (C=O) groups excluding carboxylic acids is 2. The Labute approximate surface area is 130 Å². The zero-order valence-electron chi connectivity index (χ0n) is 11.4. The summed E-state index contributed by atoms with van der Waals surface area (Å²) in [4.78, 5) is 23.5. The summed E-state index contributed by atoms with van der Waals surface area (Å²) in [5.74, 6) is 0.0836. The third kappa shape index (κ3) is 4.71. The van der Waals surface area contributed by atoms with E-state index in [-0.39, 0.29) is 24.8 Å². The van der Waals surface area contributed by atoms with E-state index < -0.39 is 0 Å². The third-order valence-electron chi connectivity index (χ3n) is 2.72. The van der Waals surface area contributed by atoms with E-state index in [1.54, 1.807) is 30.3 Å². The quantitative estimate of drug-likeness (QED) is 0.772. The summed E-state index contributed by atoms with van der Waals surface area (Å²) in [7, 11) is 0. The number of amides is 2. The van der Waals surface area contributed by atoms with Crippen LogP contribution >= 0.6 is 15.9 Å². The molecule has 0 radical (unpaired) electrons. The van der Waals surface area contributed by atoms with Gasteiger partial charge in [0.1, 0.15) is 0 Å². The van der Waals surface area contributed by atoms with Gasteiger partial charge in [-0.15, -0.1) is 0 Å². The molecule has 0 aliphatic carbocycles. The molecule has 0 atom stereocenters. The Morgan fingerprint density at radius 1 is 1.29 bits per heavy atom. The summed E-state index contributed by atoms with van der Waals surface area (Å²) in [6, 6.07) is 8.75. The Hall–Kier alpha value is -2.15. The van der Waals surface area contributed by atoms with E-state index in [1.807, 2.05) is 6.92 Å². The van der Waals surface area contributed by atoms with E-state index in [1.165, 1.54) is 0 Å². The minimum atomic E-state index is -0.203. The average Bonchev–Trinajstić information content (AvgIpc) is 2.84. The minimum Gasteiger partial charge on any atom is -0.352 e. The number of hydrogen-bond acceptors (Lipinski definition) is 3. The number of aromatic amines is 1. The lowest BCUT2D eigenvalue weighted by Crippen LogP contribution is -2.27. The number of nitrogens with zero attached hydrogens (tertiary/aromatic N) is 1. The molecule has 0 aliphatic heterocycles. The topological polar surface area (TPSA) is 86.9 Å². The van der Waals surface area contributed by atoms with Crippen LogP contribution in [0.15, 0.2) is 34.8 Å². The van der Waals surface area contributed by atoms with Crippen LogP contribution in [0.3, 0.4) is 0 Å². The highest BCUT2D eigenvalue weighted by atomic mass is 79.9. The van der Waals surface area contributed by atoms with Crippen LogP contribution in [0.4, 0.5) is 5.82 Å². The minimum absolute atomic E-state index is 0.189. The van der Waals surface area contributed by atoms with Gasteiger partial charge in [-0.25, -0.2) is 0 Å². The summed E-state index contributed by atoms with van der Waals surface area (Å²) >= 11 is 3.31. The molecule has 0 aliphatic rings. The maximum atomic E-state index is 11.8. The van der Waals surface area contributed by atoms with E-state index in [0.717, 1.165) is 10.2 Å². The summed E-state index contributed by atoms with van der Waals surface area (Å²) < 4.78 is 0.910. The molecule has 2 amide bonds. The molecule has 0 fully saturated rings. The molecule has 21 heavy (non-hydrogen) atoms. The number of carbonyl (C=O) groups is 2. The largest absolute Gasteiger partial charge is 0.352 e. The first-order valence-electron chi connectivity index (χ1n) is 6.40. The molecule has 0 bridgehead atoms. The van der Waals surface area contributed by atoms with Crippen LogP contribution in [0.1, 0.15) is 22.5 Å². The van der Waals surface area contributed by atoms with Gasteiger partial charge in [-0.2, -0.15) is 5.10 Å². The predicted molar refractivity (Wildman–Crippen MR) is 83.0 cm³/mol. The second-order valence-electron chi connectivity index (χ2n) is 4.50. The van der Waals surface area contributed by atoms with Gasteiger partial charge in [0.25, 0.3) is 5.91 Å². The van der Waals surface area contributed by atoms with Crippen LogP contribution in [0.25, 0.3) is 0 Å². The number of aromatic nitrogens is 2. The van der Waals surface area contributed by atoms with Gasteiger partial charge in [0.15, 0.2) is 5.82 Å². The van der Waals surface area contributed by atoms with Gasteiger partial charge in [0, 0.05) is 34.8 Å². The van der Waals surface area contributed by atoms with Crippen LogP contribution in [-0.4, -0.2) is 28.6 Å². The highest BCUT2D eigenvalue weighted by Gasteiger charge is 2.07. The van der Waals surface area contributed by atoms with Crippen molar-refractivity contribution in [3.05, 3.63) is 46.1 Å². The Bertz CT molecular complexity index is 637. The number of aryl methyl sites for hydroxylation is 1. The van der Waals surface area contributed by atoms with E-state index in [0.29, 0.717) is 11.4 Å². The molecule has 0 saturated carbocycles. The number of anilines is 1. The molecule has 1 aromatic carbocycles. The Balaban J connectivity index is 1.74. The summed E-state index contributed by atoms with van der Waals surface area (Å²) in [6.45, 7) is 2.12. The molecule has 3 N–H and O–H groups in total. The molecule has 110 valence electrons. The second kappa shape index (κ2) is 7.03. The van der Waals surface area contributed by atoms with Crippen molar-refractivity contribution in [1.82, 2.24) is 15.5 Å². The van der Waals surface area contributed by atoms with Gasteiger partial charge in [0.05, 0.1) is 0 Å². The van der Waals surface area contributed by atoms with Crippen molar-refractivity contribution in [2.45, 2.75) is 13.3 Å². The van der Waals surface area contributed by atoms with E-state index in [9.17, 15) is 9.59 Å². The fourth-order valence-corrected chi connectivity index (χ4v) is 1.94. The van der Waals surface area contributed by atoms with E-state index >= 15 is 0 Å². The van der Waals surface area contributed by atoms with Crippen molar-refractivity contribution in [3.63, 3.8) is 0 Å². The molecular formula is C14H15BrN4O2. The smallest absolute Gasteiger partial charge is 0.251 e. The van der Waals surface area contributed by atoms with Gasteiger partial charge < -0.3 is 10.6 Å². The molecular weight excluding hydrogens is 336 g/mol. The lowest BCUT2D eigenvalue weighted by atomic mass is 10.2. The molecule has 7 heteroatoms. The summed E-state index contributed by atoms with van der Waals surface area (Å²) in [6.07, 6.45) is 0.189. The van der Waals surface area contributed by atoms with Crippen LogP contribution in [0, 0.1) is 6.92 Å². The molecule has 6 nitrogen and oxygen atoms in total. The first-order chi connectivity index (χ1) is 10.0. The third-order valence-corrected chi connectivity index (χ3v) is 3.25. The molecule has 0 unspecified atom stereocenters. The fourth-order valence-electron chi connectivity index (χ4n) is 1.68. The Kier molecular flexibility index (Phi) is 5.10. The first kappa shape index (κ1) is 15.2. The van der Waals surface area contributed by atoms with Crippen LogP contribution in [0.5, 0.6) is 0 Å². The highest BCUT2D eigenvalue weighted by Crippen LogP contribution is 2.10. The van der Waals surface area contributed by atoms with Crippen molar-refractivity contribution in [3.8, 4) is 0 Å². The van der Waals surface area contributed by atoms with Gasteiger partial charge >= 0.3 is 0 Å². The number of nitrogens with one attached hydrogen (secondary N) is 3. The number of H-pyrrole nitrogens is 1. The lowest BCUT2D eigenvalue weighted by molar-refractivity contribution is -0.116. The Morgan fingerprint density at radius 3 is 2.62 bits per heavy atom. The number of benzene rings is 1. The van der Waals surface area contributed by atoms with E-state index in [4.69, 9.17) is 0 Å². The maximum Gasteiger partial charge on any atom is 0.251 e. The first-order valence-corrected chi connectivity index (χ1v) is 7.19. The maximum absolute atomic E-state index is 11.8. The average molecular weight is 351 g/mol. The van der Waals surface area contributed by atoms with Gasteiger partial charge in [-0.05, 0) is 31.2 Å². The zero-order chi connectivity index (χ0) is 15.2. The van der Waals surface area contributed by atoms with Gasteiger partial charge in [0.2, 0.25) is 5.91 Å². The van der Waals surface area contributed by atoms with Crippen molar-refractivity contribution in [2.24, 2.45) is 0 Å². The van der Waals surface area contributed by atoms with Gasteiger partial charge in [-0.3, -0.25) is 14.7 Å². The van der Waals surface area contributed by atoms with Crippen molar-refractivity contribution in [2.75, 3.05) is 11.9 Å². The number of hydrogen-bond donors (Lipinski definition) is 3. The molecule has 1 heterocycles. The molecule has 0 saturated heterocycles. The standard InChI is InChI=1S/C14H15BrN4O2/c1-9-8-12(19-18-9)17-13(20)6-7-16-14(21)10-2-4-11(15)5-3-10/h2-5,8H,6-7H2,1H3,(H,16,21)(H2,17,18,19,20). The van der Waals surface area contributed by atoms with Crippen molar-refractivity contribution < 1.29 is 9.59 Å². The zero-order valence-corrected chi connectivity index (χ0v) is 13.0. The van der Waals surface area contributed by atoms with Crippen LogP contribution in [-0.2, 0) is 4.79 Å². The monoisotopic (exact) mass is 350 g/mol. The highest BCUT2D eigenvalue weighted by molar-refractivity contribution is 9.10. The molecule has 2 rings (SSSR count). The number of rotatable bonds is 5. The molecule has 2 aromatic rings. The van der Waals surface area contributed by atoms with Crippen LogP contribution < -0.4 is 10.6 Å². The van der Waals surface area contributed by atoms with Crippen molar-refractivity contribution >= 4 is 33.6 Å². The molecule has 0 spiro atoms. The second-order valence-corrected chi connectivity index (χ2v) is 5.41. The Morgan fingerprint density at radius 2 is 2.00 bits per heavy atom. The normalized spacial score (nSPS) is 10.2. The summed E-state index contributed by atoms with van der Waals surface area (Å²) in [5, 5.41) is 12.0.